The second-order valence-corrected chi connectivity index (χ2v) is 3.44. The maximum atomic E-state index is 11.4. The molecule has 2 atom stereocenters. The molecule has 0 radical (unpaired) electrons. The number of amides is 1. The number of nitrogens with zero attached hydrogens (tertiary/aromatic N) is 1. The number of carbonyl (C=O) groups is 2. The molecule has 6 nitrogen and oxygen atoms in total. The molecule has 0 spiro atoms. The number of aliphatic carboxylic acids is 1. The molecule has 0 aliphatic carbocycles. The summed E-state index contributed by atoms with van der Waals surface area (Å²) in [5.41, 5.74) is 0. The van der Waals surface area contributed by atoms with E-state index in [1.165, 1.54) is 0 Å². The number of β-amino-alcohol motifs (C(OH)–C–C–N with tert-alkyl or cyclic N) is 1. The van der Waals surface area contributed by atoms with Crippen molar-refractivity contribution in [1.82, 2.24) is 4.90 Å². The molecule has 0 bridgehead atoms. The Morgan fingerprint density at radius 3 is 2.67 bits per heavy atom. The zero-order valence-electron chi connectivity index (χ0n) is 8.55. The Kier molecular flexibility index (Phi) is 3.90. The molecule has 1 rings (SSSR count). The van der Waals surface area contributed by atoms with Crippen LogP contribution in [0.3, 0.4) is 0 Å². The van der Waals surface area contributed by atoms with Gasteiger partial charge in [-0.3, -0.25) is 4.90 Å². The van der Waals surface area contributed by atoms with Crippen molar-refractivity contribution in [2.24, 2.45) is 0 Å². The van der Waals surface area contributed by atoms with E-state index in [4.69, 9.17) is 9.84 Å². The average molecular weight is 217 g/mol. The van der Waals surface area contributed by atoms with Gasteiger partial charge in [-0.1, -0.05) is 0 Å². The molecule has 1 amide bonds. The topological polar surface area (TPSA) is 87.1 Å². The van der Waals surface area contributed by atoms with Crippen molar-refractivity contribution in [3.63, 3.8) is 0 Å². The molecule has 1 fully saturated rings. The minimum Gasteiger partial charge on any atom is -0.480 e. The van der Waals surface area contributed by atoms with Crippen LogP contribution in [0.4, 0.5) is 4.79 Å². The van der Waals surface area contributed by atoms with Crippen LogP contribution in [0.5, 0.6) is 0 Å². The van der Waals surface area contributed by atoms with Gasteiger partial charge < -0.3 is 14.9 Å². The normalized spacial score (nSPS) is 26.1. The molecule has 1 heterocycles. The van der Waals surface area contributed by atoms with E-state index >= 15 is 0 Å². The standard InChI is InChI=1S/C9H15NO5/c1-2-15-9(14)10-5-6(11)3-4-7(10)8(12)13/h6-7,11H,2-5H2,1H3,(H,12,13). The molecule has 0 aromatic rings. The van der Waals surface area contributed by atoms with Gasteiger partial charge in [0.05, 0.1) is 19.3 Å². The van der Waals surface area contributed by atoms with Crippen molar-refractivity contribution in [2.45, 2.75) is 31.9 Å². The first kappa shape index (κ1) is 11.8. The fourth-order valence-electron chi connectivity index (χ4n) is 1.62. The minimum atomic E-state index is -1.06. The van der Waals surface area contributed by atoms with Crippen LogP contribution in [0.25, 0.3) is 0 Å². The number of hydrogen-bond acceptors (Lipinski definition) is 4. The molecular formula is C9H15NO5. The number of aliphatic hydroxyl groups is 1. The van der Waals surface area contributed by atoms with Crippen LogP contribution in [0, 0.1) is 0 Å². The Morgan fingerprint density at radius 2 is 2.13 bits per heavy atom. The summed E-state index contributed by atoms with van der Waals surface area (Å²) in [6.45, 7) is 1.86. The third-order valence-corrected chi connectivity index (χ3v) is 2.34. The number of ether oxygens (including phenoxy) is 1. The van der Waals surface area contributed by atoms with Gasteiger partial charge in [0, 0.05) is 0 Å². The van der Waals surface area contributed by atoms with E-state index in [0.29, 0.717) is 6.42 Å². The largest absolute Gasteiger partial charge is 0.480 e. The van der Waals surface area contributed by atoms with E-state index in [1.807, 2.05) is 0 Å². The molecule has 2 N–H and O–H groups in total. The van der Waals surface area contributed by atoms with Crippen LogP contribution in [0.2, 0.25) is 0 Å². The summed E-state index contributed by atoms with van der Waals surface area (Å²) in [5, 5.41) is 18.2. The monoisotopic (exact) mass is 217 g/mol. The van der Waals surface area contributed by atoms with Gasteiger partial charge in [0.15, 0.2) is 0 Å². The number of carbonyl (C=O) groups excluding carboxylic acids is 1. The molecule has 2 unspecified atom stereocenters. The lowest BCUT2D eigenvalue weighted by molar-refractivity contribution is -0.145. The fraction of sp³-hybridized carbons (Fsp3) is 0.778. The molecule has 1 saturated heterocycles. The maximum Gasteiger partial charge on any atom is 0.410 e. The van der Waals surface area contributed by atoms with Gasteiger partial charge in [-0.25, -0.2) is 9.59 Å². The molecule has 1 aliphatic heterocycles. The smallest absolute Gasteiger partial charge is 0.410 e. The van der Waals surface area contributed by atoms with E-state index < -0.39 is 24.2 Å². The summed E-state index contributed by atoms with van der Waals surface area (Å²) in [7, 11) is 0. The lowest BCUT2D eigenvalue weighted by Crippen LogP contribution is -2.52. The summed E-state index contributed by atoms with van der Waals surface area (Å²) >= 11 is 0. The molecule has 0 aromatic heterocycles. The summed E-state index contributed by atoms with van der Waals surface area (Å²) in [4.78, 5) is 23.3. The number of carboxylic acids is 1. The average Bonchev–Trinajstić information content (AvgIpc) is 2.17. The van der Waals surface area contributed by atoms with E-state index in [-0.39, 0.29) is 19.6 Å². The van der Waals surface area contributed by atoms with Crippen LogP contribution >= 0.6 is 0 Å². The van der Waals surface area contributed by atoms with Crippen molar-refractivity contribution in [2.75, 3.05) is 13.2 Å². The maximum absolute atomic E-state index is 11.4. The van der Waals surface area contributed by atoms with Crippen LogP contribution in [-0.2, 0) is 9.53 Å². The number of rotatable bonds is 2. The zero-order chi connectivity index (χ0) is 11.4. The number of carboxylic acid groups (broad SMARTS) is 1. The highest BCUT2D eigenvalue weighted by atomic mass is 16.6. The minimum absolute atomic E-state index is 0.0236. The lowest BCUT2D eigenvalue weighted by atomic mass is 10.0. The first-order valence-corrected chi connectivity index (χ1v) is 4.90. The van der Waals surface area contributed by atoms with Gasteiger partial charge in [0.1, 0.15) is 6.04 Å². The van der Waals surface area contributed by atoms with Crippen LogP contribution in [-0.4, -0.2) is 52.5 Å². The second kappa shape index (κ2) is 4.97. The van der Waals surface area contributed by atoms with Crippen LogP contribution < -0.4 is 0 Å². The van der Waals surface area contributed by atoms with Gasteiger partial charge in [-0.05, 0) is 19.8 Å². The van der Waals surface area contributed by atoms with Gasteiger partial charge >= 0.3 is 12.1 Å². The summed E-state index contributed by atoms with van der Waals surface area (Å²) in [6, 6.07) is -0.882. The van der Waals surface area contributed by atoms with Gasteiger partial charge in [-0.2, -0.15) is 0 Å². The summed E-state index contributed by atoms with van der Waals surface area (Å²) in [5.74, 6) is -1.06. The number of piperidine rings is 1. The van der Waals surface area contributed by atoms with Crippen molar-refractivity contribution < 1.29 is 24.5 Å². The molecule has 0 aromatic carbocycles. The highest BCUT2D eigenvalue weighted by Crippen LogP contribution is 2.18. The number of likely N-dealkylation sites (tertiary alicyclic amines) is 1. The third kappa shape index (κ3) is 2.82. The van der Waals surface area contributed by atoms with E-state index in [9.17, 15) is 14.7 Å². The Labute approximate surface area is 87.4 Å². The molecule has 6 heteroatoms. The predicted octanol–water partition coefficient (Wildman–Crippen LogP) is 0.0528. The summed E-state index contributed by atoms with van der Waals surface area (Å²) < 4.78 is 4.72. The summed E-state index contributed by atoms with van der Waals surface area (Å²) in [6.07, 6.45) is -0.684. The number of hydrogen-bond donors (Lipinski definition) is 2. The zero-order valence-corrected chi connectivity index (χ0v) is 8.55. The highest BCUT2D eigenvalue weighted by Gasteiger charge is 2.36. The van der Waals surface area contributed by atoms with Gasteiger partial charge in [0.25, 0.3) is 0 Å². The van der Waals surface area contributed by atoms with Crippen molar-refractivity contribution in [3.8, 4) is 0 Å². The molecular weight excluding hydrogens is 202 g/mol. The second-order valence-electron chi connectivity index (χ2n) is 3.44. The van der Waals surface area contributed by atoms with Crippen molar-refractivity contribution in [3.05, 3.63) is 0 Å². The van der Waals surface area contributed by atoms with E-state index in [1.54, 1.807) is 6.92 Å². The fourth-order valence-corrected chi connectivity index (χ4v) is 1.62. The van der Waals surface area contributed by atoms with Crippen LogP contribution in [0.15, 0.2) is 0 Å². The Bertz CT molecular complexity index is 255. The Hall–Kier alpha value is -1.30. The molecule has 86 valence electrons. The lowest BCUT2D eigenvalue weighted by Gasteiger charge is -2.34. The van der Waals surface area contributed by atoms with E-state index in [2.05, 4.69) is 0 Å². The van der Waals surface area contributed by atoms with Crippen LogP contribution in [0.1, 0.15) is 19.8 Å². The van der Waals surface area contributed by atoms with E-state index in [0.717, 1.165) is 4.90 Å². The Balaban J connectivity index is 2.69. The predicted molar refractivity (Wildman–Crippen MR) is 50.4 cm³/mol. The van der Waals surface area contributed by atoms with Crippen molar-refractivity contribution in [1.29, 1.82) is 0 Å². The molecule has 15 heavy (non-hydrogen) atoms. The number of aliphatic hydroxyl groups excluding tert-OH is 1. The quantitative estimate of drug-likeness (QED) is 0.682. The van der Waals surface area contributed by atoms with Crippen molar-refractivity contribution >= 4 is 12.1 Å². The SMILES string of the molecule is CCOC(=O)N1CC(O)CCC1C(=O)O. The molecule has 1 aliphatic rings. The first-order chi connectivity index (χ1) is 7.06. The third-order valence-electron chi connectivity index (χ3n) is 2.34. The Morgan fingerprint density at radius 1 is 1.47 bits per heavy atom. The van der Waals surface area contributed by atoms with Gasteiger partial charge in [0.2, 0.25) is 0 Å². The van der Waals surface area contributed by atoms with Gasteiger partial charge in [-0.15, -0.1) is 0 Å². The highest BCUT2D eigenvalue weighted by molar-refractivity contribution is 5.80. The first-order valence-electron chi connectivity index (χ1n) is 4.90. The molecule has 0 saturated carbocycles.